The first-order chi connectivity index (χ1) is 13.1. The van der Waals surface area contributed by atoms with E-state index in [2.05, 4.69) is 15.6 Å². The van der Waals surface area contributed by atoms with Crippen LogP contribution in [-0.2, 0) is 14.6 Å². The minimum absolute atomic E-state index is 0. The minimum atomic E-state index is -3.22. The highest BCUT2D eigenvalue weighted by Gasteiger charge is 2.14. The fourth-order valence-electron chi connectivity index (χ4n) is 3.24. The number of rotatable bonds is 9. The first kappa shape index (κ1) is 25.2. The lowest BCUT2D eigenvalue weighted by Gasteiger charge is -2.16. The van der Waals surface area contributed by atoms with Gasteiger partial charge in [0, 0.05) is 20.1 Å². The molecule has 0 amide bonds. The van der Waals surface area contributed by atoms with E-state index in [1.807, 2.05) is 6.07 Å². The molecule has 28 heavy (non-hydrogen) atoms. The van der Waals surface area contributed by atoms with Gasteiger partial charge in [-0.3, -0.25) is 4.99 Å². The Hall–Kier alpha value is -0.870. The van der Waals surface area contributed by atoms with E-state index < -0.39 is 9.84 Å². The van der Waals surface area contributed by atoms with Crippen LogP contribution in [-0.4, -0.2) is 53.0 Å². The lowest BCUT2D eigenvalue weighted by atomic mass is 10.1. The summed E-state index contributed by atoms with van der Waals surface area (Å²) in [5, 5.41) is 6.38. The molecular formula is C20H34IN3O3S. The molecule has 0 radical (unpaired) electrons. The number of benzene rings is 1. The van der Waals surface area contributed by atoms with Gasteiger partial charge in [0.1, 0.15) is 0 Å². The fourth-order valence-corrected chi connectivity index (χ4v) is 4.57. The molecule has 0 spiro atoms. The van der Waals surface area contributed by atoms with Crippen LogP contribution in [0.1, 0.15) is 44.9 Å². The van der Waals surface area contributed by atoms with E-state index in [0.29, 0.717) is 43.1 Å². The Morgan fingerprint density at radius 2 is 1.71 bits per heavy atom. The summed E-state index contributed by atoms with van der Waals surface area (Å²) in [6, 6.07) is 8.58. The van der Waals surface area contributed by atoms with Crippen molar-refractivity contribution in [1.82, 2.24) is 10.6 Å². The second-order valence-corrected chi connectivity index (χ2v) is 9.00. The molecule has 1 aliphatic rings. The van der Waals surface area contributed by atoms with E-state index >= 15 is 0 Å². The molecule has 0 atom stereocenters. The van der Waals surface area contributed by atoms with Crippen LogP contribution < -0.4 is 10.6 Å². The maximum absolute atomic E-state index is 12.2. The summed E-state index contributed by atoms with van der Waals surface area (Å²) in [6.07, 6.45) is 8.46. The van der Waals surface area contributed by atoms with E-state index in [9.17, 15) is 8.42 Å². The highest BCUT2D eigenvalue weighted by atomic mass is 127. The molecule has 2 rings (SSSR count). The van der Waals surface area contributed by atoms with Crippen molar-refractivity contribution in [3.8, 4) is 0 Å². The van der Waals surface area contributed by atoms with Crippen molar-refractivity contribution in [2.24, 2.45) is 4.99 Å². The van der Waals surface area contributed by atoms with Crippen molar-refractivity contribution in [3.05, 3.63) is 30.3 Å². The summed E-state index contributed by atoms with van der Waals surface area (Å²) in [5.41, 5.74) is 0. The first-order valence-electron chi connectivity index (χ1n) is 9.96. The molecule has 0 aromatic heterocycles. The van der Waals surface area contributed by atoms with Crippen LogP contribution in [0.3, 0.4) is 0 Å². The maximum Gasteiger partial charge on any atom is 0.191 e. The largest absolute Gasteiger partial charge is 0.376 e. The summed E-state index contributed by atoms with van der Waals surface area (Å²) < 4.78 is 30.4. The van der Waals surface area contributed by atoms with Gasteiger partial charge in [0.15, 0.2) is 15.8 Å². The molecule has 1 saturated carbocycles. The van der Waals surface area contributed by atoms with Gasteiger partial charge in [-0.25, -0.2) is 8.42 Å². The number of aliphatic imine (C=N–C) groups is 1. The molecule has 1 aromatic rings. The summed E-state index contributed by atoms with van der Waals surface area (Å²) in [7, 11) is -1.51. The predicted octanol–water partition coefficient (Wildman–Crippen LogP) is 3.37. The molecule has 0 unspecified atom stereocenters. The van der Waals surface area contributed by atoms with E-state index in [-0.39, 0.29) is 29.7 Å². The zero-order valence-corrected chi connectivity index (χ0v) is 19.9. The zero-order chi connectivity index (χ0) is 19.4. The van der Waals surface area contributed by atoms with Crippen molar-refractivity contribution in [3.63, 3.8) is 0 Å². The standard InChI is InChI=1S/C20H33N3O3S.HI/c1-21-20(23-15-16-26-18-10-5-2-3-6-11-18)22-14-9-17-27(24,25)19-12-7-4-8-13-19;/h4,7-8,12-13,18H,2-3,5-6,9-11,14-17H2,1H3,(H2,21,22,23);1H. The Balaban J connectivity index is 0.00000392. The minimum Gasteiger partial charge on any atom is -0.376 e. The van der Waals surface area contributed by atoms with Crippen LogP contribution in [0.25, 0.3) is 0 Å². The van der Waals surface area contributed by atoms with Gasteiger partial charge in [0.25, 0.3) is 0 Å². The van der Waals surface area contributed by atoms with Gasteiger partial charge in [-0.2, -0.15) is 0 Å². The van der Waals surface area contributed by atoms with Gasteiger partial charge in [-0.15, -0.1) is 24.0 Å². The predicted molar refractivity (Wildman–Crippen MR) is 125 cm³/mol. The third-order valence-corrected chi connectivity index (χ3v) is 6.58. The van der Waals surface area contributed by atoms with Gasteiger partial charge >= 0.3 is 0 Å². The van der Waals surface area contributed by atoms with Crippen molar-refractivity contribution < 1.29 is 13.2 Å². The Morgan fingerprint density at radius 3 is 2.36 bits per heavy atom. The molecule has 160 valence electrons. The highest BCUT2D eigenvalue weighted by Crippen LogP contribution is 2.19. The molecule has 8 heteroatoms. The topological polar surface area (TPSA) is 79.8 Å². The Labute approximate surface area is 186 Å². The number of guanidine groups is 1. The van der Waals surface area contributed by atoms with E-state index in [4.69, 9.17) is 4.74 Å². The Kier molecular flexibility index (Phi) is 12.7. The zero-order valence-electron chi connectivity index (χ0n) is 16.7. The monoisotopic (exact) mass is 523 g/mol. The van der Waals surface area contributed by atoms with Crippen LogP contribution in [0, 0.1) is 0 Å². The Morgan fingerprint density at radius 1 is 1.07 bits per heavy atom. The lowest BCUT2D eigenvalue weighted by Crippen LogP contribution is -2.40. The number of sulfone groups is 1. The molecule has 1 fully saturated rings. The molecule has 0 saturated heterocycles. The normalized spacial score (nSPS) is 16.1. The SMILES string of the molecule is CN=C(NCCCS(=O)(=O)c1ccccc1)NCCOC1CCCCCC1.I. The summed E-state index contributed by atoms with van der Waals surface area (Å²) in [4.78, 5) is 4.55. The van der Waals surface area contributed by atoms with E-state index in [1.165, 1.54) is 38.5 Å². The molecule has 2 N–H and O–H groups in total. The van der Waals surface area contributed by atoms with Crippen molar-refractivity contribution in [1.29, 1.82) is 0 Å². The van der Waals surface area contributed by atoms with Crippen LogP contribution in [0.2, 0.25) is 0 Å². The fraction of sp³-hybridized carbons (Fsp3) is 0.650. The number of hydrogen-bond acceptors (Lipinski definition) is 4. The summed E-state index contributed by atoms with van der Waals surface area (Å²) in [5.74, 6) is 0.794. The van der Waals surface area contributed by atoms with E-state index in [1.54, 1.807) is 31.3 Å². The quantitative estimate of drug-likeness (QED) is 0.171. The van der Waals surface area contributed by atoms with Gasteiger partial charge in [-0.05, 0) is 31.4 Å². The van der Waals surface area contributed by atoms with Crippen molar-refractivity contribution in [2.45, 2.75) is 55.9 Å². The van der Waals surface area contributed by atoms with Crippen molar-refractivity contribution >= 4 is 39.8 Å². The molecular weight excluding hydrogens is 489 g/mol. The smallest absolute Gasteiger partial charge is 0.191 e. The average Bonchev–Trinajstić information content (AvgIpc) is 2.96. The highest BCUT2D eigenvalue weighted by molar-refractivity contribution is 14.0. The van der Waals surface area contributed by atoms with Crippen LogP contribution in [0.15, 0.2) is 40.2 Å². The van der Waals surface area contributed by atoms with Crippen LogP contribution in [0.5, 0.6) is 0 Å². The van der Waals surface area contributed by atoms with Crippen LogP contribution >= 0.6 is 24.0 Å². The third-order valence-electron chi connectivity index (χ3n) is 4.76. The third kappa shape index (κ3) is 9.56. The van der Waals surface area contributed by atoms with Crippen LogP contribution in [0.4, 0.5) is 0 Å². The second-order valence-electron chi connectivity index (χ2n) is 6.90. The molecule has 1 aromatic carbocycles. The number of ether oxygens (including phenoxy) is 1. The average molecular weight is 523 g/mol. The number of nitrogens with one attached hydrogen (secondary N) is 2. The van der Waals surface area contributed by atoms with Gasteiger partial charge in [0.05, 0.1) is 23.4 Å². The van der Waals surface area contributed by atoms with Gasteiger partial charge in [0.2, 0.25) is 0 Å². The van der Waals surface area contributed by atoms with Crippen molar-refractivity contribution in [2.75, 3.05) is 32.5 Å². The molecule has 0 aliphatic heterocycles. The van der Waals surface area contributed by atoms with Gasteiger partial charge < -0.3 is 15.4 Å². The number of nitrogens with zero attached hydrogens (tertiary/aromatic N) is 1. The molecule has 1 aliphatic carbocycles. The maximum atomic E-state index is 12.2. The molecule has 0 bridgehead atoms. The molecule has 0 heterocycles. The summed E-state index contributed by atoms with van der Waals surface area (Å²) in [6.45, 7) is 1.90. The number of halogens is 1. The van der Waals surface area contributed by atoms with Gasteiger partial charge in [-0.1, -0.05) is 43.9 Å². The first-order valence-corrected chi connectivity index (χ1v) is 11.6. The van der Waals surface area contributed by atoms with E-state index in [0.717, 1.165) is 0 Å². The lowest BCUT2D eigenvalue weighted by molar-refractivity contribution is 0.0468. The second kappa shape index (κ2) is 14.2. The number of hydrogen-bond donors (Lipinski definition) is 2. The summed E-state index contributed by atoms with van der Waals surface area (Å²) >= 11 is 0. The molecule has 6 nitrogen and oxygen atoms in total. The Bertz CT molecular complexity index is 661.